The highest BCUT2D eigenvalue weighted by Gasteiger charge is 2.78. The van der Waals surface area contributed by atoms with Crippen LogP contribution in [0.25, 0.3) is 10.8 Å². The van der Waals surface area contributed by atoms with Gasteiger partial charge in [0.25, 0.3) is 0 Å². The van der Waals surface area contributed by atoms with Crippen LogP contribution in [0, 0.1) is 32.5 Å². The third-order valence-corrected chi connectivity index (χ3v) is 15.1. The Morgan fingerprint density at radius 2 is 1.00 bits per heavy atom. The van der Waals surface area contributed by atoms with Crippen molar-refractivity contribution in [2.45, 2.75) is 76.9 Å². The van der Waals surface area contributed by atoms with Crippen LogP contribution in [0.4, 0.5) is 11.4 Å². The Hall–Kier alpha value is -2.06. The van der Waals surface area contributed by atoms with E-state index in [1.807, 2.05) is 77.9 Å². The molecule has 40 heavy (non-hydrogen) atoms. The monoisotopic (exact) mass is 670 g/mol. The van der Waals surface area contributed by atoms with Crippen molar-refractivity contribution in [3.05, 3.63) is 36.4 Å². The van der Waals surface area contributed by atoms with E-state index in [4.69, 9.17) is 0 Å². The van der Waals surface area contributed by atoms with Gasteiger partial charge in [-0.05, 0) is 48.6 Å². The van der Waals surface area contributed by atoms with Gasteiger partial charge >= 0.3 is 0 Å². The lowest BCUT2D eigenvalue weighted by molar-refractivity contribution is -0.131. The molecule has 0 aromatic heterocycles. The fourth-order valence-electron chi connectivity index (χ4n) is 8.91. The van der Waals surface area contributed by atoms with Crippen molar-refractivity contribution in [2.75, 3.05) is 10.6 Å². The minimum atomic E-state index is -0.855. The Morgan fingerprint density at radius 3 is 1.30 bits per heavy atom. The summed E-state index contributed by atoms with van der Waals surface area (Å²) in [5.41, 5.74) is -2.55. The van der Waals surface area contributed by atoms with E-state index in [1.54, 1.807) is 0 Å². The van der Waals surface area contributed by atoms with Gasteiger partial charge in [-0.25, -0.2) is 0 Å². The summed E-state index contributed by atoms with van der Waals surface area (Å²) in [6.45, 7) is 12.1. The smallest absolute Gasteiger partial charge is 0.232 e. The molecular formula is C32H36Br2N2O4. The number of carbonyl (C=O) groups excluding carboxylic acids is 4. The molecule has 2 aromatic rings. The number of amides is 2. The number of rotatable bonds is 4. The van der Waals surface area contributed by atoms with E-state index in [0.29, 0.717) is 37.1 Å². The molecule has 0 heterocycles. The molecule has 0 radical (unpaired) electrons. The summed E-state index contributed by atoms with van der Waals surface area (Å²) < 4.78 is 0. The Balaban J connectivity index is 1.34. The van der Waals surface area contributed by atoms with Crippen LogP contribution in [0.15, 0.2) is 36.4 Å². The highest BCUT2D eigenvalue weighted by atomic mass is 79.9. The molecule has 0 spiro atoms. The van der Waals surface area contributed by atoms with Gasteiger partial charge in [0.15, 0.2) is 11.6 Å². The number of carbonyl (C=O) groups is 4. The normalized spacial score (nSPS) is 38.7. The molecule has 6 rings (SSSR count). The predicted molar refractivity (Wildman–Crippen MR) is 164 cm³/mol. The number of ketones is 2. The molecule has 212 valence electrons. The fourth-order valence-corrected chi connectivity index (χ4v) is 11.9. The van der Waals surface area contributed by atoms with Crippen molar-refractivity contribution in [3.8, 4) is 0 Å². The van der Waals surface area contributed by atoms with E-state index in [-0.39, 0.29) is 23.4 Å². The average molecular weight is 672 g/mol. The van der Waals surface area contributed by atoms with Gasteiger partial charge in [-0.15, -0.1) is 0 Å². The van der Waals surface area contributed by atoms with Gasteiger partial charge in [0.2, 0.25) is 11.8 Å². The summed E-state index contributed by atoms with van der Waals surface area (Å²) in [7, 11) is 0. The van der Waals surface area contributed by atoms with Crippen molar-refractivity contribution in [3.63, 3.8) is 0 Å². The summed E-state index contributed by atoms with van der Waals surface area (Å²) in [6.07, 6.45) is 2.65. The molecule has 6 nitrogen and oxygen atoms in total. The topological polar surface area (TPSA) is 92.3 Å². The number of nitrogens with one attached hydrogen (secondary N) is 2. The first-order valence-corrected chi connectivity index (χ1v) is 15.9. The molecule has 8 heteroatoms. The molecule has 0 saturated heterocycles. The van der Waals surface area contributed by atoms with E-state index in [2.05, 4.69) is 42.5 Å². The minimum absolute atomic E-state index is 0.0996. The summed E-state index contributed by atoms with van der Waals surface area (Å²) in [5.74, 6) is -0.119. The zero-order valence-electron chi connectivity index (χ0n) is 23.8. The van der Waals surface area contributed by atoms with E-state index >= 15 is 0 Å². The number of anilines is 2. The molecule has 2 amide bonds. The van der Waals surface area contributed by atoms with Gasteiger partial charge in [-0.3, -0.25) is 19.2 Å². The van der Waals surface area contributed by atoms with Gasteiger partial charge in [0.1, 0.15) is 0 Å². The number of halogens is 2. The lowest BCUT2D eigenvalue weighted by Crippen LogP contribution is -2.48. The second-order valence-corrected chi connectivity index (χ2v) is 15.8. The maximum atomic E-state index is 14.0. The van der Waals surface area contributed by atoms with Crippen LogP contribution >= 0.6 is 31.9 Å². The van der Waals surface area contributed by atoms with Crippen LogP contribution in [0.1, 0.15) is 67.2 Å². The number of Topliss-reactive ketones (excluding diaryl/α,β-unsaturated/α-hetero) is 2. The van der Waals surface area contributed by atoms with Crippen molar-refractivity contribution in [2.24, 2.45) is 32.5 Å². The molecule has 4 saturated carbocycles. The first-order chi connectivity index (χ1) is 18.5. The zero-order chi connectivity index (χ0) is 29.3. The average Bonchev–Trinajstić information content (AvgIpc) is 3.34. The lowest BCUT2D eigenvalue weighted by atomic mass is 9.64. The molecule has 2 aromatic carbocycles. The van der Waals surface area contributed by atoms with Gasteiger partial charge < -0.3 is 10.6 Å². The van der Waals surface area contributed by atoms with Crippen LogP contribution in [-0.4, -0.2) is 33.0 Å². The van der Waals surface area contributed by atoms with Crippen LogP contribution in [0.5, 0.6) is 0 Å². The van der Waals surface area contributed by atoms with E-state index in [9.17, 15) is 19.2 Å². The largest absolute Gasteiger partial charge is 0.325 e. The predicted octanol–water partition coefficient (Wildman–Crippen LogP) is 7.03. The molecule has 4 aliphatic rings. The standard InChI is InChI=1S/C32H36Br2N2O4/c1-27(2)29(5)13-15-31(27,21(33)23(29)37)25(39)35-19-11-7-10-18-17(19)9-8-12-20(18)36-26(40)32-16-14-30(6,28(32,3)4)24(38)22(32)34/h7-12,21-22H,13-16H2,1-6H3,(H,35,39)(H,36,40). The van der Waals surface area contributed by atoms with Gasteiger partial charge in [0, 0.05) is 33.0 Å². The Kier molecular flexibility index (Phi) is 5.81. The molecule has 0 aliphatic heterocycles. The molecule has 4 fully saturated rings. The molecule has 4 aliphatic carbocycles. The first kappa shape index (κ1) is 28.1. The maximum absolute atomic E-state index is 14.0. The SMILES string of the molecule is CC12CCC(C(=O)Nc3cccc4c(NC(=O)C56CCC(C)(C(=O)C5Br)C6(C)C)cccc34)(C(Br)C1=O)C2(C)C. The summed E-state index contributed by atoms with van der Waals surface area (Å²) in [5, 5.41) is 7.94. The molecular weight excluding hydrogens is 636 g/mol. The van der Waals surface area contributed by atoms with E-state index in [1.165, 1.54) is 0 Å². The number of fused-ring (bicyclic) bond motifs is 5. The van der Waals surface area contributed by atoms with Crippen molar-refractivity contribution < 1.29 is 19.2 Å². The molecule has 4 bridgehead atoms. The second kappa shape index (κ2) is 8.27. The molecule has 6 atom stereocenters. The van der Waals surface area contributed by atoms with Gasteiger partial charge in [-0.2, -0.15) is 0 Å². The Labute approximate surface area is 252 Å². The van der Waals surface area contributed by atoms with Crippen molar-refractivity contribution in [1.29, 1.82) is 0 Å². The third kappa shape index (κ3) is 2.86. The van der Waals surface area contributed by atoms with Gasteiger partial charge in [0.05, 0.1) is 20.5 Å². The van der Waals surface area contributed by atoms with Crippen LogP contribution < -0.4 is 10.6 Å². The minimum Gasteiger partial charge on any atom is -0.325 e. The van der Waals surface area contributed by atoms with Gasteiger partial charge in [-0.1, -0.05) is 97.7 Å². The van der Waals surface area contributed by atoms with E-state index < -0.39 is 42.1 Å². The quantitative estimate of drug-likeness (QED) is 0.341. The van der Waals surface area contributed by atoms with Crippen molar-refractivity contribution in [1.82, 2.24) is 0 Å². The lowest BCUT2D eigenvalue weighted by Gasteiger charge is -2.40. The number of hydrogen-bond acceptors (Lipinski definition) is 4. The summed E-state index contributed by atoms with van der Waals surface area (Å²) in [4.78, 5) is 53.4. The van der Waals surface area contributed by atoms with Crippen molar-refractivity contribution >= 4 is 77.4 Å². The van der Waals surface area contributed by atoms with Crippen LogP contribution in [0.3, 0.4) is 0 Å². The Bertz CT molecular complexity index is 1420. The zero-order valence-corrected chi connectivity index (χ0v) is 27.0. The molecule has 6 unspecified atom stereocenters. The van der Waals surface area contributed by atoms with Crippen LogP contribution in [0.2, 0.25) is 0 Å². The fraction of sp³-hybridized carbons (Fsp3) is 0.562. The highest BCUT2D eigenvalue weighted by molar-refractivity contribution is 9.10. The highest BCUT2D eigenvalue weighted by Crippen LogP contribution is 2.73. The second-order valence-electron chi connectivity index (χ2n) is 13.9. The number of alkyl halides is 2. The maximum Gasteiger partial charge on any atom is 0.232 e. The van der Waals surface area contributed by atoms with E-state index in [0.717, 1.165) is 10.8 Å². The summed E-state index contributed by atoms with van der Waals surface area (Å²) >= 11 is 7.23. The number of hydrogen-bond donors (Lipinski definition) is 2. The summed E-state index contributed by atoms with van der Waals surface area (Å²) in [6, 6.07) is 11.3. The van der Waals surface area contributed by atoms with Crippen LogP contribution in [-0.2, 0) is 19.2 Å². The molecule has 2 N–H and O–H groups in total. The first-order valence-electron chi connectivity index (χ1n) is 14.1. The number of benzene rings is 2. The Morgan fingerprint density at radius 1 is 0.650 bits per heavy atom. The third-order valence-electron chi connectivity index (χ3n) is 12.7.